The topological polar surface area (TPSA) is 199 Å². The minimum atomic E-state index is -1.41. The predicted molar refractivity (Wildman–Crippen MR) is 129 cm³/mol. The first-order valence-electron chi connectivity index (χ1n) is 10.9. The lowest BCUT2D eigenvalue weighted by Crippen LogP contribution is -2.38. The van der Waals surface area contributed by atoms with Crippen molar-refractivity contribution in [3.05, 3.63) is 97.9 Å². The first kappa shape index (κ1) is 26.8. The smallest absolute Gasteiger partial charge is 0.336 e. The lowest BCUT2D eigenvalue weighted by Gasteiger charge is -2.29. The Hall–Kier alpha value is -4.84. The van der Waals surface area contributed by atoms with E-state index in [1.54, 1.807) is 0 Å². The summed E-state index contributed by atoms with van der Waals surface area (Å²) in [7, 11) is 0. The molecule has 2 aromatic carbocycles. The van der Waals surface area contributed by atoms with Crippen LogP contribution in [-0.4, -0.2) is 51.5 Å². The van der Waals surface area contributed by atoms with Crippen molar-refractivity contribution in [2.24, 2.45) is 5.73 Å². The molecule has 0 amide bonds. The highest BCUT2D eigenvalue weighted by molar-refractivity contribution is 6.08. The number of aliphatic carboxylic acids is 1. The summed E-state index contributed by atoms with van der Waals surface area (Å²) in [4.78, 5) is 60.1. The van der Waals surface area contributed by atoms with Gasteiger partial charge in [0, 0.05) is 29.1 Å². The van der Waals surface area contributed by atoms with Gasteiger partial charge in [0.2, 0.25) is 0 Å². The molecule has 0 aromatic heterocycles. The van der Waals surface area contributed by atoms with Crippen LogP contribution in [0.1, 0.15) is 46.0 Å². The number of dihydropyridines is 1. The molecule has 1 unspecified atom stereocenters. The lowest BCUT2D eigenvalue weighted by molar-refractivity contribution is -0.384. The van der Waals surface area contributed by atoms with Crippen molar-refractivity contribution in [2.45, 2.75) is 25.8 Å². The van der Waals surface area contributed by atoms with E-state index in [1.165, 1.54) is 62.4 Å². The minimum Gasteiger partial charge on any atom is -0.478 e. The molecule has 12 nitrogen and oxygen atoms in total. The van der Waals surface area contributed by atoms with E-state index in [0.29, 0.717) is 0 Å². The van der Waals surface area contributed by atoms with Gasteiger partial charge in [-0.25, -0.2) is 14.4 Å². The summed E-state index contributed by atoms with van der Waals surface area (Å²) in [5.41, 5.74) is 5.49. The van der Waals surface area contributed by atoms with Crippen molar-refractivity contribution < 1.29 is 39.1 Å². The Bertz CT molecular complexity index is 1380. The van der Waals surface area contributed by atoms with Gasteiger partial charge < -0.3 is 26.0 Å². The molecule has 0 saturated heterocycles. The number of hydrogen-bond donors (Lipinski definition) is 4. The molecule has 1 aliphatic rings. The number of nitrogens with one attached hydrogen (secondary N) is 1. The van der Waals surface area contributed by atoms with Crippen molar-refractivity contribution >= 4 is 29.4 Å². The number of hydrogen-bond acceptors (Lipinski definition) is 9. The quantitative estimate of drug-likeness (QED) is 0.167. The van der Waals surface area contributed by atoms with Gasteiger partial charge in [0.05, 0.1) is 27.6 Å². The number of nitro groups is 1. The van der Waals surface area contributed by atoms with Gasteiger partial charge >= 0.3 is 17.9 Å². The van der Waals surface area contributed by atoms with Gasteiger partial charge in [-0.05, 0) is 25.5 Å². The SMILES string of the molecule is CC1=C(C(=O)O)[C@@H](c2cccc([N+](=O)[O-])c2)C(C(=O)OCC(N)C(=O)c2ccccc2C(=O)O)=C(C)N1. The van der Waals surface area contributed by atoms with Gasteiger partial charge in [0.1, 0.15) is 12.6 Å². The second-order valence-corrected chi connectivity index (χ2v) is 8.21. The molecule has 0 fully saturated rings. The molecule has 37 heavy (non-hydrogen) atoms. The summed E-state index contributed by atoms with van der Waals surface area (Å²) in [5.74, 6) is -5.66. The maximum absolute atomic E-state index is 13.2. The van der Waals surface area contributed by atoms with Gasteiger partial charge in [0.25, 0.3) is 5.69 Å². The number of nitrogens with zero attached hydrogens (tertiary/aromatic N) is 1. The van der Waals surface area contributed by atoms with Gasteiger partial charge in [-0.15, -0.1) is 0 Å². The molecule has 2 atom stereocenters. The van der Waals surface area contributed by atoms with Crippen molar-refractivity contribution in [3.63, 3.8) is 0 Å². The molecule has 192 valence electrons. The maximum atomic E-state index is 13.2. The molecule has 3 rings (SSSR count). The van der Waals surface area contributed by atoms with E-state index in [2.05, 4.69) is 5.32 Å². The number of ether oxygens (including phenoxy) is 1. The van der Waals surface area contributed by atoms with E-state index in [9.17, 15) is 39.5 Å². The number of carboxylic acid groups (broad SMARTS) is 2. The molecule has 0 radical (unpaired) electrons. The Morgan fingerprint density at radius 2 is 1.62 bits per heavy atom. The van der Waals surface area contributed by atoms with Gasteiger partial charge in [-0.3, -0.25) is 14.9 Å². The zero-order chi connectivity index (χ0) is 27.4. The average Bonchev–Trinajstić information content (AvgIpc) is 2.85. The fourth-order valence-corrected chi connectivity index (χ4v) is 4.10. The average molecular weight is 509 g/mol. The molecule has 0 saturated carbocycles. The number of allylic oxidation sites excluding steroid dienone is 2. The van der Waals surface area contributed by atoms with E-state index in [-0.39, 0.29) is 44.9 Å². The monoisotopic (exact) mass is 509 g/mol. The summed E-state index contributed by atoms with van der Waals surface area (Å²) in [6, 6.07) is 9.26. The van der Waals surface area contributed by atoms with E-state index in [1.807, 2.05) is 0 Å². The highest BCUT2D eigenvalue weighted by Crippen LogP contribution is 2.39. The van der Waals surface area contributed by atoms with Crippen molar-refractivity contribution in [3.8, 4) is 0 Å². The molecule has 2 aromatic rings. The first-order valence-corrected chi connectivity index (χ1v) is 10.9. The van der Waals surface area contributed by atoms with Crippen molar-refractivity contribution in [2.75, 3.05) is 6.61 Å². The Morgan fingerprint density at radius 3 is 2.22 bits per heavy atom. The number of carbonyl (C=O) groups is 4. The summed E-state index contributed by atoms with van der Waals surface area (Å²) >= 11 is 0. The number of benzene rings is 2. The third kappa shape index (κ3) is 5.54. The molecule has 0 spiro atoms. The summed E-state index contributed by atoms with van der Waals surface area (Å²) < 4.78 is 5.27. The third-order valence-corrected chi connectivity index (χ3v) is 5.78. The second kappa shape index (κ2) is 10.8. The Morgan fingerprint density at radius 1 is 1.00 bits per heavy atom. The third-order valence-electron chi connectivity index (χ3n) is 5.78. The number of esters is 1. The number of rotatable bonds is 9. The fraction of sp³-hybridized carbons (Fsp3) is 0.200. The Balaban J connectivity index is 1.92. The van der Waals surface area contributed by atoms with Crippen LogP contribution in [0.4, 0.5) is 5.69 Å². The van der Waals surface area contributed by atoms with E-state index in [0.717, 1.165) is 0 Å². The first-order chi connectivity index (χ1) is 17.4. The fourth-order valence-electron chi connectivity index (χ4n) is 4.10. The molecule has 5 N–H and O–H groups in total. The molecule has 1 aliphatic heterocycles. The summed E-state index contributed by atoms with van der Waals surface area (Å²) in [6.07, 6.45) is 0. The van der Waals surface area contributed by atoms with E-state index in [4.69, 9.17) is 10.5 Å². The zero-order valence-electron chi connectivity index (χ0n) is 19.8. The summed E-state index contributed by atoms with van der Waals surface area (Å²) in [5, 5.41) is 33.3. The highest BCUT2D eigenvalue weighted by Gasteiger charge is 2.38. The number of nitrogens with two attached hydrogens (primary N) is 1. The minimum absolute atomic E-state index is 0.130. The Labute approximate surface area is 210 Å². The van der Waals surface area contributed by atoms with Gasteiger partial charge in [-0.1, -0.05) is 30.3 Å². The van der Waals surface area contributed by atoms with Crippen LogP contribution in [-0.2, 0) is 14.3 Å². The van der Waals surface area contributed by atoms with Crippen molar-refractivity contribution in [1.82, 2.24) is 5.32 Å². The number of ketones is 1. The van der Waals surface area contributed by atoms with Crippen LogP contribution in [0.5, 0.6) is 0 Å². The highest BCUT2D eigenvalue weighted by atomic mass is 16.6. The zero-order valence-corrected chi connectivity index (χ0v) is 19.8. The molecule has 0 aliphatic carbocycles. The molecular weight excluding hydrogens is 486 g/mol. The van der Waals surface area contributed by atoms with Crippen LogP contribution in [0.25, 0.3) is 0 Å². The van der Waals surface area contributed by atoms with Gasteiger partial charge in [0.15, 0.2) is 5.78 Å². The number of nitro benzene ring substituents is 1. The Kier molecular flexibility index (Phi) is 7.83. The van der Waals surface area contributed by atoms with E-state index >= 15 is 0 Å². The van der Waals surface area contributed by atoms with Crippen LogP contribution in [0, 0.1) is 10.1 Å². The van der Waals surface area contributed by atoms with Crippen LogP contribution in [0.15, 0.2) is 71.1 Å². The number of Topliss-reactive ketones (excluding diaryl/α,β-unsaturated/α-hetero) is 1. The number of carboxylic acids is 2. The van der Waals surface area contributed by atoms with E-state index < -0.39 is 47.2 Å². The normalized spacial score (nSPS) is 16.0. The summed E-state index contributed by atoms with van der Waals surface area (Å²) in [6.45, 7) is 2.38. The van der Waals surface area contributed by atoms with Crippen LogP contribution in [0.3, 0.4) is 0 Å². The molecule has 1 heterocycles. The van der Waals surface area contributed by atoms with Crippen molar-refractivity contribution in [1.29, 1.82) is 0 Å². The van der Waals surface area contributed by atoms with Crippen LogP contribution in [0.2, 0.25) is 0 Å². The van der Waals surface area contributed by atoms with Gasteiger partial charge in [-0.2, -0.15) is 0 Å². The number of non-ortho nitro benzene ring substituents is 1. The molecule has 0 bridgehead atoms. The van der Waals surface area contributed by atoms with Crippen LogP contribution < -0.4 is 11.1 Å². The largest absolute Gasteiger partial charge is 0.478 e. The van der Waals surface area contributed by atoms with Crippen LogP contribution >= 0.6 is 0 Å². The standard InChI is InChI=1S/C25H23N3O9/c1-12-19(24(32)33)21(14-6-5-7-15(10-14)28(35)36)20(13(2)27-12)25(34)37-11-18(26)22(29)16-8-3-4-9-17(16)23(30)31/h3-10,18,21,27H,11,26H2,1-2H3,(H,30,31)(H,32,33)/t18?,21-/m1/s1. The maximum Gasteiger partial charge on any atom is 0.336 e. The number of carbonyl (C=O) groups excluding carboxylic acids is 2. The second-order valence-electron chi connectivity index (χ2n) is 8.21. The molecule has 12 heteroatoms. The lowest BCUT2D eigenvalue weighted by atomic mass is 9.80. The molecular formula is C25H23N3O9. The predicted octanol–water partition coefficient (Wildman–Crippen LogP) is 2.37. The number of aromatic carboxylic acids is 1.